The van der Waals surface area contributed by atoms with Crippen LogP contribution in [0, 0.1) is 17.8 Å². The zero-order chi connectivity index (χ0) is 52.9. The molecule has 2 aromatic heterocycles. The Labute approximate surface area is 390 Å². The van der Waals surface area contributed by atoms with Crippen LogP contribution in [0.4, 0.5) is 18.0 Å². The number of methoxy groups -OCH3 is 1. The van der Waals surface area contributed by atoms with E-state index in [1.165, 1.54) is 14.0 Å². The van der Waals surface area contributed by atoms with Crippen LogP contribution in [-0.2, 0) is 29.1 Å². The predicted octanol–water partition coefficient (Wildman–Crippen LogP) is 6.37. The Bertz CT molecular complexity index is 2670. The van der Waals surface area contributed by atoms with Crippen LogP contribution in [-0.4, -0.2) is 108 Å². The van der Waals surface area contributed by atoms with Crippen LogP contribution >= 0.6 is 0 Å². The van der Waals surface area contributed by atoms with Gasteiger partial charge in [0.25, 0.3) is 5.91 Å². The molecule has 3 aromatic rings. The van der Waals surface area contributed by atoms with Gasteiger partial charge in [-0.2, -0.15) is 13.2 Å². The van der Waals surface area contributed by atoms with E-state index in [2.05, 4.69) is 19.8 Å². The lowest BCUT2D eigenvalue weighted by Gasteiger charge is -2.34. The number of fused-ring (bicyclic) bond motifs is 3. The van der Waals surface area contributed by atoms with Crippen LogP contribution in [0.15, 0.2) is 54.7 Å². The average Bonchev–Trinajstić information content (AvgIpc) is 4.21. The molecule has 2 aliphatic heterocycles. The third-order valence-corrected chi connectivity index (χ3v) is 14.0. The maximum Gasteiger partial charge on any atom is 0.427 e. The number of carbonyl (C=O) groups is 4. The van der Waals surface area contributed by atoms with E-state index in [0.717, 1.165) is 4.90 Å². The van der Waals surface area contributed by atoms with Crippen molar-refractivity contribution in [3.05, 3.63) is 54.7 Å². The number of hydrogen-bond acceptors (Lipinski definition) is 12. The summed E-state index contributed by atoms with van der Waals surface area (Å²) in [5.74, 6) is -4.07. The number of rotatable bonds is 11. The van der Waals surface area contributed by atoms with Crippen molar-refractivity contribution in [3.8, 4) is 28.8 Å². The molecular weight excluding hydrogens is 886 g/mol. The summed E-state index contributed by atoms with van der Waals surface area (Å²) in [5, 5.41) is 5.03. The summed E-state index contributed by atoms with van der Waals surface area (Å²) in [4.78, 5) is 67.9. The molecule has 66 heavy (non-hydrogen) atoms. The summed E-state index contributed by atoms with van der Waals surface area (Å²) in [5.41, 5.74) is -5.89. The molecule has 7 atom stereocenters. The molecule has 0 bridgehead atoms. The number of nitrogens with one attached hydrogen (secondary N) is 3. The van der Waals surface area contributed by atoms with E-state index in [4.69, 9.17) is 27.4 Å². The lowest BCUT2D eigenvalue weighted by Crippen LogP contribution is -2.59. The Morgan fingerprint density at radius 1 is 1.06 bits per heavy atom. The van der Waals surface area contributed by atoms with E-state index < -0.39 is 107 Å². The van der Waals surface area contributed by atoms with E-state index in [-0.39, 0.29) is 37.2 Å². The number of alkyl halides is 3. The number of nitrogens with zero attached hydrogens (tertiary/aromatic N) is 3. The van der Waals surface area contributed by atoms with Crippen LogP contribution in [0.3, 0.4) is 0 Å². The summed E-state index contributed by atoms with van der Waals surface area (Å²) in [7, 11) is -2.62. The number of pyridine rings is 2. The average molecular weight is 949 g/mol. The number of carbonyl (C=O) groups excluding carboxylic acids is 4. The molecule has 0 spiro atoms. The molecule has 7 rings (SSSR count). The fourth-order valence-corrected chi connectivity index (χ4v) is 9.78. The first kappa shape index (κ1) is 40.6. The van der Waals surface area contributed by atoms with Gasteiger partial charge in [0, 0.05) is 43.8 Å². The van der Waals surface area contributed by atoms with Gasteiger partial charge in [-0.1, -0.05) is 26.0 Å². The summed E-state index contributed by atoms with van der Waals surface area (Å²) in [6.45, 7) is -2.44. The number of allylic oxidation sites excluding steroid dienone is 1. The van der Waals surface area contributed by atoms with Crippen LogP contribution in [0.5, 0.6) is 17.5 Å². The summed E-state index contributed by atoms with van der Waals surface area (Å²) in [6.07, 6.45) is -3.33. The number of ether oxygens (including phenoxy) is 4. The largest absolute Gasteiger partial charge is 0.497 e. The first-order valence-electron chi connectivity index (χ1n) is 24.7. The predicted molar refractivity (Wildman–Crippen MR) is 236 cm³/mol. The summed E-state index contributed by atoms with van der Waals surface area (Å²) < 4.78 is 140. The minimum absolute atomic E-state index is 0.00992. The highest BCUT2D eigenvalue weighted by molar-refractivity contribution is 7.91. The molecule has 4 aliphatic rings. The second-order valence-corrected chi connectivity index (χ2v) is 19.9. The van der Waals surface area contributed by atoms with Crippen molar-refractivity contribution >= 4 is 44.6 Å². The third-order valence-electron chi connectivity index (χ3n) is 12.2. The van der Waals surface area contributed by atoms with Gasteiger partial charge in [0.05, 0.1) is 30.7 Å². The Morgan fingerprint density at radius 3 is 2.47 bits per heavy atom. The molecule has 0 unspecified atom stereocenters. The zero-order valence-corrected chi connectivity index (χ0v) is 37.8. The first-order chi connectivity index (χ1) is 33.5. The molecule has 4 heterocycles. The highest BCUT2D eigenvalue weighted by atomic mass is 32.2. The summed E-state index contributed by atoms with van der Waals surface area (Å²) >= 11 is 0. The number of aromatic nitrogens is 2. The van der Waals surface area contributed by atoms with Crippen molar-refractivity contribution in [1.29, 1.82) is 0 Å². The maximum atomic E-state index is 15.2. The number of amides is 4. The first-order valence-corrected chi connectivity index (χ1v) is 23.2. The number of alkyl carbamates (subject to hydrolysis) is 1. The Morgan fingerprint density at radius 2 is 1.82 bits per heavy atom. The smallest absolute Gasteiger partial charge is 0.427 e. The van der Waals surface area contributed by atoms with Crippen molar-refractivity contribution in [2.45, 2.75) is 133 Å². The number of halogens is 3. The SMILES string of the molecule is [2H]C([2H])([2H])C(OC(=O)N[C@@H]1C(=O)N2C[C@H](Oc3nc(-c4ccc(OC(C)C)nc4)cc4cc(OC)ccc34)C[C@H]2C(=O)N[C@]2(C(=O)NS(=O)(=O)C3CC3)C[C@H]2/C=C\CC[C@@H](C)C[C@H]1C)(C([2H])([2H])[2H])C(F)(F)F. The molecule has 1 aromatic carbocycles. The van der Waals surface area contributed by atoms with Gasteiger partial charge in [0.2, 0.25) is 39.2 Å². The van der Waals surface area contributed by atoms with Gasteiger partial charge >= 0.3 is 12.3 Å². The molecule has 16 nitrogen and oxygen atoms in total. The number of benzene rings is 1. The molecule has 358 valence electrons. The van der Waals surface area contributed by atoms with Crippen molar-refractivity contribution in [2.24, 2.45) is 17.8 Å². The fraction of sp³-hybridized carbons (Fsp3) is 0.565. The maximum absolute atomic E-state index is 15.2. The normalized spacial score (nSPS) is 28.5. The van der Waals surface area contributed by atoms with Gasteiger partial charge in [-0.3, -0.25) is 19.1 Å². The highest BCUT2D eigenvalue weighted by Gasteiger charge is 2.62. The van der Waals surface area contributed by atoms with Gasteiger partial charge in [0.1, 0.15) is 29.5 Å². The standard InChI is InChI=1S/C46H57F3N6O10S/c1-25(2)63-37-17-12-28(23-50-37)35-20-29-19-31(62-7)13-16-34(29)40(51-35)64-32-21-36-39(56)53-45(42(58)54-66(60,61)33-14-15-33)22-30(45)11-9-8-10-26(3)18-27(4)38(41(57)55(36)24-32)52-43(59)65-44(5,6)46(47,48)49/h9,11-13,16-17,19-20,23,25-27,30,32-33,36,38H,8,10,14-15,18,21-22,24H2,1-7H3,(H,52,59)(H,53,56)(H,54,58)/b11-9-/t26-,27-,30-,32-,36+,38+,45-/m1/s1/i5D3,6D3. The fourth-order valence-electron chi connectivity index (χ4n) is 8.42. The number of hydrogen-bond donors (Lipinski definition) is 3. The van der Waals surface area contributed by atoms with Gasteiger partial charge in [-0.15, -0.1) is 0 Å². The van der Waals surface area contributed by atoms with E-state index in [1.807, 2.05) is 19.2 Å². The van der Waals surface area contributed by atoms with Gasteiger partial charge in [-0.25, -0.2) is 23.2 Å². The Balaban J connectivity index is 1.29. The van der Waals surface area contributed by atoms with Crippen LogP contribution in [0.1, 0.15) is 94.6 Å². The van der Waals surface area contributed by atoms with Crippen molar-refractivity contribution in [3.63, 3.8) is 0 Å². The van der Waals surface area contributed by atoms with Crippen LogP contribution < -0.4 is 29.6 Å². The zero-order valence-electron chi connectivity index (χ0n) is 42.9. The topological polar surface area (TPSA) is 204 Å². The van der Waals surface area contributed by atoms with Gasteiger partial charge in [0.15, 0.2) is 0 Å². The van der Waals surface area contributed by atoms with Crippen molar-refractivity contribution in [1.82, 2.24) is 30.2 Å². The molecule has 3 fully saturated rings. The molecule has 1 saturated heterocycles. The lowest BCUT2D eigenvalue weighted by molar-refractivity contribution is -0.244. The molecule has 3 N–H and O–H groups in total. The van der Waals surface area contributed by atoms with E-state index in [9.17, 15) is 36.0 Å². The Hall–Kier alpha value is -5.66. The quantitative estimate of drug-likeness (QED) is 0.180. The van der Waals surface area contributed by atoms with Crippen LogP contribution in [0.2, 0.25) is 0 Å². The highest BCUT2D eigenvalue weighted by Crippen LogP contribution is 2.46. The van der Waals surface area contributed by atoms with Crippen LogP contribution in [0.25, 0.3) is 22.0 Å². The minimum atomic E-state index is -6.17. The molecule has 2 saturated carbocycles. The molecule has 0 radical (unpaired) electrons. The molecular formula is C46H57F3N6O10S. The third kappa shape index (κ3) is 10.6. The van der Waals surface area contributed by atoms with Crippen molar-refractivity contribution < 1.29 is 67.9 Å². The summed E-state index contributed by atoms with van der Waals surface area (Å²) in [6, 6.07) is 6.76. The molecule has 2 aliphatic carbocycles. The molecule has 20 heteroatoms. The Kier molecular flexibility index (Phi) is 11.4. The van der Waals surface area contributed by atoms with E-state index in [0.29, 0.717) is 59.3 Å². The van der Waals surface area contributed by atoms with E-state index >= 15 is 4.79 Å². The van der Waals surface area contributed by atoms with Gasteiger partial charge in [-0.05, 0) is 114 Å². The lowest BCUT2D eigenvalue weighted by atomic mass is 9.88. The minimum Gasteiger partial charge on any atom is -0.497 e. The van der Waals surface area contributed by atoms with Gasteiger partial charge < -0.3 is 34.5 Å². The van der Waals surface area contributed by atoms with E-state index in [1.54, 1.807) is 61.7 Å². The monoisotopic (exact) mass is 948 g/mol. The second-order valence-electron chi connectivity index (χ2n) is 17.9. The molecule has 4 amide bonds. The second kappa shape index (κ2) is 18.6. The van der Waals surface area contributed by atoms with Crippen molar-refractivity contribution in [2.75, 3.05) is 13.7 Å². The number of sulfonamides is 1.